The van der Waals surface area contributed by atoms with Crippen molar-refractivity contribution in [3.05, 3.63) is 10.6 Å². The van der Waals surface area contributed by atoms with Crippen LogP contribution in [0, 0.1) is 0 Å². The van der Waals surface area contributed by atoms with Crippen molar-refractivity contribution in [2.24, 2.45) is 0 Å². The second-order valence-electron chi connectivity index (χ2n) is 4.12. The minimum atomic E-state index is 0.205. The van der Waals surface area contributed by atoms with Gasteiger partial charge in [0.25, 0.3) is 0 Å². The van der Waals surface area contributed by atoms with Crippen LogP contribution >= 0.6 is 11.3 Å². The molecule has 94 valence electrons. The second-order valence-corrected chi connectivity index (χ2v) is 5.18. The van der Waals surface area contributed by atoms with Crippen LogP contribution < -0.4 is 4.90 Å². The van der Waals surface area contributed by atoms with E-state index in [2.05, 4.69) is 16.8 Å². The number of aryl methyl sites for hydroxylation is 1. The molecule has 1 aromatic rings. The SMILES string of the molecule is CCN(CCOC)c1nc2c(s1)CCCC2=O. The summed E-state index contributed by atoms with van der Waals surface area (Å²) in [5.74, 6) is 0.205. The van der Waals surface area contributed by atoms with Gasteiger partial charge in [-0.05, 0) is 19.8 Å². The minimum Gasteiger partial charge on any atom is -0.383 e. The Morgan fingerprint density at radius 1 is 1.47 bits per heavy atom. The Morgan fingerprint density at radius 2 is 2.29 bits per heavy atom. The number of methoxy groups -OCH3 is 1. The van der Waals surface area contributed by atoms with Gasteiger partial charge in [0, 0.05) is 31.5 Å². The number of Topliss-reactive ketones (excluding diaryl/α,β-unsaturated/α-hetero) is 1. The van der Waals surface area contributed by atoms with Crippen LogP contribution in [0.1, 0.15) is 35.1 Å². The summed E-state index contributed by atoms with van der Waals surface area (Å²) in [7, 11) is 1.70. The maximum atomic E-state index is 11.7. The Labute approximate surface area is 106 Å². The van der Waals surface area contributed by atoms with Gasteiger partial charge in [-0.15, -0.1) is 11.3 Å². The largest absolute Gasteiger partial charge is 0.383 e. The molecule has 4 nitrogen and oxygen atoms in total. The van der Waals surface area contributed by atoms with Gasteiger partial charge in [0.2, 0.25) is 0 Å². The Bertz CT molecular complexity index is 403. The lowest BCUT2D eigenvalue weighted by Crippen LogP contribution is -2.26. The second kappa shape index (κ2) is 5.60. The van der Waals surface area contributed by atoms with E-state index >= 15 is 0 Å². The topological polar surface area (TPSA) is 42.4 Å². The average Bonchev–Trinajstić information content (AvgIpc) is 2.75. The first-order valence-corrected chi connectivity index (χ1v) is 6.84. The van der Waals surface area contributed by atoms with Gasteiger partial charge in [0.05, 0.1) is 6.61 Å². The first-order valence-electron chi connectivity index (χ1n) is 6.03. The molecule has 0 saturated heterocycles. The Balaban J connectivity index is 2.17. The van der Waals surface area contributed by atoms with Gasteiger partial charge >= 0.3 is 0 Å². The Morgan fingerprint density at radius 3 is 2.94 bits per heavy atom. The molecular weight excluding hydrogens is 236 g/mol. The van der Waals surface area contributed by atoms with Crippen molar-refractivity contribution in [2.75, 3.05) is 31.7 Å². The molecule has 0 saturated carbocycles. The Kier molecular flexibility index (Phi) is 4.12. The molecule has 0 bridgehead atoms. The summed E-state index contributed by atoms with van der Waals surface area (Å²) >= 11 is 1.66. The highest BCUT2D eigenvalue weighted by Crippen LogP contribution is 2.31. The van der Waals surface area contributed by atoms with Crippen molar-refractivity contribution in [3.8, 4) is 0 Å². The van der Waals surface area contributed by atoms with Crippen LogP contribution in [0.5, 0.6) is 0 Å². The van der Waals surface area contributed by atoms with E-state index in [4.69, 9.17) is 4.74 Å². The number of hydrogen-bond acceptors (Lipinski definition) is 5. The van der Waals surface area contributed by atoms with Crippen LogP contribution in [0.15, 0.2) is 0 Å². The molecule has 0 amide bonds. The zero-order valence-corrected chi connectivity index (χ0v) is 11.2. The van der Waals surface area contributed by atoms with E-state index in [1.54, 1.807) is 18.4 Å². The van der Waals surface area contributed by atoms with E-state index in [1.807, 2.05) is 0 Å². The Hall–Kier alpha value is -0.940. The lowest BCUT2D eigenvalue weighted by Gasteiger charge is -2.18. The highest BCUT2D eigenvalue weighted by atomic mass is 32.1. The number of likely N-dealkylation sites (N-methyl/N-ethyl adjacent to an activating group) is 1. The molecule has 0 spiro atoms. The van der Waals surface area contributed by atoms with Gasteiger partial charge in [-0.25, -0.2) is 4.98 Å². The van der Waals surface area contributed by atoms with E-state index in [1.165, 1.54) is 0 Å². The van der Waals surface area contributed by atoms with Gasteiger partial charge < -0.3 is 9.64 Å². The molecule has 0 aliphatic heterocycles. The van der Waals surface area contributed by atoms with Crippen molar-refractivity contribution in [2.45, 2.75) is 26.2 Å². The van der Waals surface area contributed by atoms with Gasteiger partial charge in [0.15, 0.2) is 10.9 Å². The van der Waals surface area contributed by atoms with Crippen LogP contribution in [0.3, 0.4) is 0 Å². The number of fused-ring (bicyclic) bond motifs is 1. The van der Waals surface area contributed by atoms with Crippen molar-refractivity contribution in [1.29, 1.82) is 0 Å². The van der Waals surface area contributed by atoms with Gasteiger partial charge in [-0.3, -0.25) is 4.79 Å². The number of ether oxygens (including phenoxy) is 1. The molecule has 17 heavy (non-hydrogen) atoms. The zero-order valence-electron chi connectivity index (χ0n) is 10.4. The van der Waals surface area contributed by atoms with Crippen LogP contribution in [0.2, 0.25) is 0 Å². The average molecular weight is 254 g/mol. The van der Waals surface area contributed by atoms with Gasteiger partial charge in [0.1, 0.15) is 5.69 Å². The van der Waals surface area contributed by atoms with E-state index in [9.17, 15) is 4.79 Å². The lowest BCUT2D eigenvalue weighted by atomic mass is 10.0. The van der Waals surface area contributed by atoms with Crippen LogP contribution in [-0.2, 0) is 11.2 Å². The minimum absolute atomic E-state index is 0.205. The van der Waals surface area contributed by atoms with Crippen LogP contribution in [0.25, 0.3) is 0 Å². The highest BCUT2D eigenvalue weighted by molar-refractivity contribution is 7.16. The molecule has 0 N–H and O–H groups in total. The number of carbonyl (C=O) groups is 1. The van der Waals surface area contributed by atoms with Crippen molar-refractivity contribution in [3.63, 3.8) is 0 Å². The van der Waals surface area contributed by atoms with Crippen LogP contribution in [-0.4, -0.2) is 37.6 Å². The molecule has 1 heterocycles. The summed E-state index contributed by atoms with van der Waals surface area (Å²) in [5, 5.41) is 0.963. The molecule has 1 aliphatic carbocycles. The van der Waals surface area contributed by atoms with E-state index < -0.39 is 0 Å². The molecule has 5 heteroatoms. The standard InChI is InChI=1S/C12H18N2O2S/c1-3-14(7-8-16-2)12-13-11-9(15)5-4-6-10(11)17-12/h3-8H2,1-2H3. The van der Waals surface area contributed by atoms with Crippen molar-refractivity contribution < 1.29 is 9.53 Å². The molecule has 2 rings (SSSR count). The van der Waals surface area contributed by atoms with E-state index in [0.717, 1.165) is 35.9 Å². The number of rotatable bonds is 5. The summed E-state index contributed by atoms with van der Waals surface area (Å²) in [5.41, 5.74) is 0.715. The number of ketones is 1. The smallest absolute Gasteiger partial charge is 0.186 e. The number of thiazole rings is 1. The van der Waals surface area contributed by atoms with Crippen molar-refractivity contribution in [1.82, 2.24) is 4.98 Å². The number of anilines is 1. The highest BCUT2D eigenvalue weighted by Gasteiger charge is 2.23. The summed E-state index contributed by atoms with van der Waals surface area (Å²) in [6.45, 7) is 4.50. The molecule has 0 radical (unpaired) electrons. The third-order valence-electron chi connectivity index (χ3n) is 2.98. The molecule has 1 aromatic heterocycles. The molecular formula is C12H18N2O2S. The van der Waals surface area contributed by atoms with Crippen molar-refractivity contribution >= 4 is 22.3 Å². The quantitative estimate of drug-likeness (QED) is 0.807. The summed E-state index contributed by atoms with van der Waals surface area (Å²) < 4.78 is 5.09. The third-order valence-corrected chi connectivity index (χ3v) is 4.15. The van der Waals surface area contributed by atoms with Gasteiger partial charge in [-0.1, -0.05) is 0 Å². The monoisotopic (exact) mass is 254 g/mol. The first kappa shape index (κ1) is 12.5. The summed E-state index contributed by atoms with van der Waals surface area (Å²) in [4.78, 5) is 19.5. The number of carbonyl (C=O) groups excluding carboxylic acids is 1. The number of nitrogens with zero attached hydrogens (tertiary/aromatic N) is 2. The predicted octanol–water partition coefficient (Wildman–Crippen LogP) is 2.13. The third kappa shape index (κ3) is 2.66. The maximum absolute atomic E-state index is 11.7. The molecule has 0 aromatic carbocycles. The number of hydrogen-bond donors (Lipinski definition) is 0. The fourth-order valence-electron chi connectivity index (χ4n) is 1.98. The predicted molar refractivity (Wildman–Crippen MR) is 69.1 cm³/mol. The van der Waals surface area contributed by atoms with E-state index in [-0.39, 0.29) is 5.78 Å². The molecule has 0 fully saturated rings. The van der Waals surface area contributed by atoms with E-state index in [0.29, 0.717) is 18.7 Å². The maximum Gasteiger partial charge on any atom is 0.186 e. The fourth-order valence-corrected chi connectivity index (χ4v) is 3.19. The van der Waals surface area contributed by atoms with Gasteiger partial charge in [-0.2, -0.15) is 0 Å². The summed E-state index contributed by atoms with van der Waals surface area (Å²) in [6.07, 6.45) is 2.62. The molecule has 1 aliphatic rings. The van der Waals surface area contributed by atoms with Crippen LogP contribution in [0.4, 0.5) is 5.13 Å². The lowest BCUT2D eigenvalue weighted by molar-refractivity contribution is 0.0968. The first-order chi connectivity index (χ1) is 8.26. The fraction of sp³-hybridized carbons (Fsp3) is 0.667. The summed E-state index contributed by atoms with van der Waals surface area (Å²) in [6, 6.07) is 0. The normalized spacial score (nSPS) is 14.8. The molecule has 0 unspecified atom stereocenters. The number of aromatic nitrogens is 1. The molecule has 0 atom stereocenters. The zero-order chi connectivity index (χ0) is 12.3.